The highest BCUT2D eigenvalue weighted by molar-refractivity contribution is 6.11. The summed E-state index contributed by atoms with van der Waals surface area (Å²) in [5.74, 6) is 13.3. The molecule has 13 heterocycles. The van der Waals surface area contributed by atoms with E-state index in [9.17, 15) is 0 Å². The molecule has 11 nitrogen and oxygen atoms in total. The molecule has 14 aromatic rings. The Hall–Kier alpha value is -11.2. The van der Waals surface area contributed by atoms with Gasteiger partial charge in [0, 0.05) is 60.5 Å². The maximum Gasteiger partial charge on any atom is 0.452 e. The van der Waals surface area contributed by atoms with E-state index in [1.54, 1.807) is 0 Å². The monoisotopic (exact) mass is 1170 g/mol. The number of aromatic nitrogens is 8. The van der Waals surface area contributed by atoms with Crippen molar-refractivity contribution in [2.45, 2.75) is 71.6 Å². The normalized spacial score (nSPS) is 16.5. The molecule has 0 saturated carbocycles. The van der Waals surface area contributed by atoms with Gasteiger partial charge in [-0.3, -0.25) is 0 Å². The smallest absolute Gasteiger partial charge is 0.452 e. The summed E-state index contributed by atoms with van der Waals surface area (Å²) in [6.07, 6.45) is 7.23. The predicted octanol–water partition coefficient (Wildman–Crippen LogP) is 14.8. The summed E-state index contributed by atoms with van der Waals surface area (Å²) in [5, 5.41) is 2.48. The number of ether oxygens (including phenoxy) is 3. The highest BCUT2D eigenvalue weighted by Gasteiger charge is 2.73. The first kappa shape index (κ1) is 50.9. The first-order chi connectivity index (χ1) is 44.0. The lowest BCUT2D eigenvalue weighted by Gasteiger charge is -2.33. The molecule has 0 saturated heterocycles. The number of fused-ring (bicyclic) bond motifs is 11. The highest BCUT2D eigenvalue weighted by Crippen LogP contribution is 2.58. The summed E-state index contributed by atoms with van der Waals surface area (Å²) >= 11 is 0. The maximum absolute atomic E-state index is 6.91. The number of pyridine rings is 3. The number of benzene rings is 7. The van der Waals surface area contributed by atoms with Gasteiger partial charge in [0.05, 0.1) is 40.5 Å². The van der Waals surface area contributed by atoms with Crippen LogP contribution in [0.15, 0.2) is 225 Å². The van der Waals surface area contributed by atoms with E-state index in [0.717, 1.165) is 68.5 Å². The van der Waals surface area contributed by atoms with Gasteiger partial charge in [-0.2, -0.15) is 9.13 Å². The molecule has 0 amide bonds. The summed E-state index contributed by atoms with van der Waals surface area (Å²) in [6, 6.07) is 72.9. The average molecular weight is 1170 g/mol. The van der Waals surface area contributed by atoms with Crippen LogP contribution in [-0.2, 0) is 23.2 Å². The summed E-state index contributed by atoms with van der Waals surface area (Å²) in [6.45, 7) is 15.9. The van der Waals surface area contributed by atoms with Crippen LogP contribution in [0.4, 0.5) is 0 Å². The van der Waals surface area contributed by atoms with Gasteiger partial charge in [-0.15, -0.1) is 9.36 Å². The van der Waals surface area contributed by atoms with E-state index in [1.807, 2.05) is 30.3 Å². The summed E-state index contributed by atoms with van der Waals surface area (Å²) in [4.78, 5) is 0. The molecule has 0 aliphatic carbocycles. The molecule has 0 bridgehead atoms. The Bertz CT molecular complexity index is 5590. The summed E-state index contributed by atoms with van der Waals surface area (Å²) in [7, 11) is 0. The molecule has 0 radical (unpaired) electrons. The van der Waals surface area contributed by atoms with E-state index in [2.05, 4.69) is 292 Å². The lowest BCUT2D eigenvalue weighted by Crippen LogP contribution is -2.77. The minimum atomic E-state index is -0.719. The number of hydrogen-bond acceptors (Lipinski definition) is 3. The van der Waals surface area contributed by atoms with Gasteiger partial charge in [-0.25, -0.2) is 0 Å². The molecule has 0 N–H and O–H groups in total. The number of hydrogen-bond donors (Lipinski definition) is 0. The third-order valence-corrected chi connectivity index (χ3v) is 20.0. The third kappa shape index (κ3) is 6.29. The van der Waals surface area contributed by atoms with Crippen LogP contribution >= 0.6 is 0 Å². The van der Waals surface area contributed by atoms with Gasteiger partial charge in [0.2, 0.25) is 11.4 Å². The fourth-order valence-electron chi connectivity index (χ4n) is 16.3. The standard InChI is InChI=1S/C48H38N4O.C31H22N4O2/c1-30-36(17-11-13-32-21-23-34(24-22-32)33-14-7-6-8-15-33)31(2)52-48-44-40(51(30)52)19-12-20-41(44)53-42-26-25-38-37-16-9-10-18-39(37)50(46(38)45(42)48)43-29-35(47(3,4)5)27-28-49(43)48;1-19-28(22-16-15-21-9-3-5-17-32(21)22)20(2)35-31-29-23(34(19)35)10-7-11-24(29)36-25-12-8-13-26(30(25)31)37-27-14-4-6-18-33(27)31/h6-10,12,14-16,18-29H,17H2,1-5H3;3-18H,1-2H3/q2*+2. The van der Waals surface area contributed by atoms with Crippen molar-refractivity contribution in [3.8, 4) is 86.0 Å². The second-order valence-electron chi connectivity index (χ2n) is 25.6. The zero-order valence-electron chi connectivity index (χ0n) is 50.9. The van der Waals surface area contributed by atoms with Crippen LogP contribution in [0.1, 0.15) is 82.5 Å². The van der Waals surface area contributed by atoms with Crippen molar-refractivity contribution in [1.82, 2.24) is 18.3 Å². The van der Waals surface area contributed by atoms with E-state index in [4.69, 9.17) is 14.2 Å². The zero-order chi connectivity index (χ0) is 60.3. The topological polar surface area (TPSA) is 62.4 Å². The Morgan fingerprint density at radius 2 is 1.14 bits per heavy atom. The van der Waals surface area contributed by atoms with E-state index >= 15 is 0 Å². The molecular weight excluding hydrogens is 1110 g/mol. The Morgan fingerprint density at radius 3 is 1.91 bits per heavy atom. The van der Waals surface area contributed by atoms with Crippen molar-refractivity contribution in [2.75, 3.05) is 0 Å². The molecule has 20 rings (SSSR count). The van der Waals surface area contributed by atoms with Crippen molar-refractivity contribution in [2.24, 2.45) is 0 Å². The molecular formula is C79H60N8O3+4. The maximum atomic E-state index is 6.91. The fourth-order valence-corrected chi connectivity index (χ4v) is 16.3. The molecule has 2 spiro atoms. The van der Waals surface area contributed by atoms with Crippen molar-refractivity contribution < 1.29 is 32.7 Å². The van der Waals surface area contributed by atoms with Crippen LogP contribution in [0.3, 0.4) is 0 Å². The van der Waals surface area contributed by atoms with E-state index in [0.29, 0.717) is 6.42 Å². The molecule has 6 aliphatic heterocycles. The van der Waals surface area contributed by atoms with E-state index in [-0.39, 0.29) is 5.41 Å². The Morgan fingerprint density at radius 1 is 0.500 bits per heavy atom. The van der Waals surface area contributed by atoms with Crippen LogP contribution in [-0.4, -0.2) is 18.3 Å². The van der Waals surface area contributed by atoms with Crippen molar-refractivity contribution in [3.05, 3.63) is 287 Å². The number of rotatable bonds is 3. The first-order valence-corrected chi connectivity index (χ1v) is 31.0. The van der Waals surface area contributed by atoms with Crippen molar-refractivity contribution >= 4 is 27.3 Å². The van der Waals surface area contributed by atoms with Gasteiger partial charge < -0.3 is 18.6 Å². The second kappa shape index (κ2) is 17.7. The Balaban J connectivity index is 0.000000138. The van der Waals surface area contributed by atoms with Gasteiger partial charge in [0.1, 0.15) is 45.5 Å². The third-order valence-electron chi connectivity index (χ3n) is 20.0. The fraction of sp³-hybridized carbons (Fsp3) is 0.139. The molecule has 7 aromatic heterocycles. The number of nitrogens with zero attached hydrogens (tertiary/aromatic N) is 8. The van der Waals surface area contributed by atoms with Gasteiger partial charge in [0.15, 0.2) is 34.2 Å². The Kier molecular flexibility index (Phi) is 10.0. The highest BCUT2D eigenvalue weighted by atomic mass is 16.5. The van der Waals surface area contributed by atoms with Crippen LogP contribution in [0.25, 0.3) is 66.9 Å². The molecule has 430 valence electrons. The lowest BCUT2D eigenvalue weighted by atomic mass is 9.83. The zero-order valence-corrected chi connectivity index (χ0v) is 50.9. The molecule has 11 heteroatoms. The van der Waals surface area contributed by atoms with Crippen LogP contribution in [0.2, 0.25) is 0 Å². The lowest BCUT2D eigenvalue weighted by molar-refractivity contribution is -0.999. The average Bonchev–Trinajstić information content (AvgIpc) is 1.46. The predicted molar refractivity (Wildman–Crippen MR) is 346 cm³/mol. The molecule has 2 atom stereocenters. The van der Waals surface area contributed by atoms with Gasteiger partial charge in [-0.1, -0.05) is 121 Å². The van der Waals surface area contributed by atoms with E-state index in [1.165, 1.54) is 94.7 Å². The summed E-state index contributed by atoms with van der Waals surface area (Å²) < 4.78 is 39.2. The van der Waals surface area contributed by atoms with Gasteiger partial charge in [-0.05, 0) is 150 Å². The minimum Gasteiger partial charge on any atom is -0.456 e. The molecule has 0 fully saturated rings. The Labute approximate surface area is 519 Å². The van der Waals surface area contributed by atoms with Gasteiger partial charge >= 0.3 is 17.2 Å². The minimum absolute atomic E-state index is 0.0283. The molecule has 7 aromatic carbocycles. The SMILES string of the molecule is Cc1c(-c2ccc3ccccn23)c(C)[n+]2n1-c1cccc3c1C21c2c(cccc2Oc2cccc[n+]21)O3.Cc1c(CC#Cc2ccc(-c3ccccc3)cc2)c(C)[n+]2n1-c1cccc3c1C21c2c(ccc4c5ccccc5n(c24)-c2cc(C(C)(C)C)cc[n+]21)O3. The van der Waals surface area contributed by atoms with Crippen molar-refractivity contribution in [3.63, 3.8) is 0 Å². The van der Waals surface area contributed by atoms with Crippen LogP contribution < -0.4 is 32.7 Å². The van der Waals surface area contributed by atoms with E-state index < -0.39 is 11.3 Å². The molecule has 2 unspecified atom stereocenters. The van der Waals surface area contributed by atoms with Crippen LogP contribution in [0.5, 0.6) is 34.6 Å². The summed E-state index contributed by atoms with van der Waals surface area (Å²) in [5.41, 5.74) is 22.1. The second-order valence-corrected chi connectivity index (χ2v) is 25.6. The molecule has 6 aliphatic rings. The number of para-hydroxylation sites is 1. The first-order valence-electron chi connectivity index (χ1n) is 31.0. The van der Waals surface area contributed by atoms with Crippen molar-refractivity contribution in [1.29, 1.82) is 0 Å². The quantitative estimate of drug-likeness (QED) is 0.131. The van der Waals surface area contributed by atoms with Crippen LogP contribution in [0, 0.1) is 39.5 Å². The largest absolute Gasteiger partial charge is 0.456 e. The molecule has 90 heavy (non-hydrogen) atoms. The van der Waals surface area contributed by atoms with Gasteiger partial charge in [0.25, 0.3) is 5.82 Å².